The van der Waals surface area contributed by atoms with Gasteiger partial charge in [0.1, 0.15) is 5.75 Å². The third-order valence-electron chi connectivity index (χ3n) is 3.05. The second-order valence-corrected chi connectivity index (χ2v) is 4.37. The average Bonchev–Trinajstić information content (AvgIpc) is 2.31. The number of amides is 1. The quantitative estimate of drug-likeness (QED) is 0.742. The van der Waals surface area contributed by atoms with Crippen LogP contribution in [0.4, 0.5) is 0 Å². The van der Waals surface area contributed by atoms with E-state index in [-0.39, 0.29) is 30.2 Å². The number of aromatic hydroxyl groups is 1. The molecule has 0 aliphatic heterocycles. The van der Waals surface area contributed by atoms with E-state index in [0.717, 1.165) is 0 Å². The molecule has 0 spiro atoms. The lowest BCUT2D eigenvalue weighted by Gasteiger charge is -2.19. The molecule has 94 valence electrons. The number of carbonyl (C=O) groups is 1. The Bertz CT molecular complexity index is 404. The van der Waals surface area contributed by atoms with Gasteiger partial charge in [0.05, 0.1) is 0 Å². The summed E-state index contributed by atoms with van der Waals surface area (Å²) in [6.45, 7) is 5.43. The zero-order chi connectivity index (χ0) is 13.0. The smallest absolute Gasteiger partial charge is 0.251 e. The van der Waals surface area contributed by atoms with Gasteiger partial charge in [-0.3, -0.25) is 4.79 Å². The van der Waals surface area contributed by atoms with Crippen molar-refractivity contribution in [1.29, 1.82) is 0 Å². The number of phenols is 1. The van der Waals surface area contributed by atoms with E-state index >= 15 is 0 Å². The predicted molar refractivity (Wildman–Crippen MR) is 66.0 cm³/mol. The van der Waals surface area contributed by atoms with Crippen LogP contribution in [0.2, 0.25) is 0 Å². The van der Waals surface area contributed by atoms with Gasteiger partial charge in [-0.2, -0.15) is 0 Å². The van der Waals surface area contributed by atoms with Crippen LogP contribution in [0, 0.1) is 12.8 Å². The molecule has 4 heteroatoms. The molecular formula is C13H19NO3. The SMILES string of the molecule is Cc1c(O)cccc1C(=O)NC(C)C(C)CO. The van der Waals surface area contributed by atoms with Crippen LogP contribution in [0.15, 0.2) is 18.2 Å². The molecule has 0 fully saturated rings. The van der Waals surface area contributed by atoms with Crippen LogP contribution in [0.3, 0.4) is 0 Å². The summed E-state index contributed by atoms with van der Waals surface area (Å²) in [4.78, 5) is 11.9. The molecule has 4 nitrogen and oxygen atoms in total. The Labute approximate surface area is 101 Å². The Hall–Kier alpha value is -1.55. The van der Waals surface area contributed by atoms with Crippen LogP contribution in [0.5, 0.6) is 5.75 Å². The van der Waals surface area contributed by atoms with Crippen molar-refractivity contribution in [2.75, 3.05) is 6.61 Å². The normalized spacial score (nSPS) is 14.1. The predicted octanol–water partition coefficient (Wildman–Crippen LogP) is 1.45. The molecule has 0 aromatic heterocycles. The van der Waals surface area contributed by atoms with Crippen molar-refractivity contribution in [2.24, 2.45) is 5.92 Å². The van der Waals surface area contributed by atoms with E-state index in [1.54, 1.807) is 25.1 Å². The van der Waals surface area contributed by atoms with Crippen molar-refractivity contribution < 1.29 is 15.0 Å². The first kappa shape index (κ1) is 13.5. The summed E-state index contributed by atoms with van der Waals surface area (Å²) in [7, 11) is 0. The van der Waals surface area contributed by atoms with E-state index < -0.39 is 0 Å². The molecule has 1 rings (SSSR count). The highest BCUT2D eigenvalue weighted by Crippen LogP contribution is 2.19. The van der Waals surface area contributed by atoms with E-state index in [9.17, 15) is 9.90 Å². The van der Waals surface area contributed by atoms with Gasteiger partial charge in [0.2, 0.25) is 0 Å². The summed E-state index contributed by atoms with van der Waals surface area (Å²) in [5, 5.41) is 21.3. The minimum atomic E-state index is -0.230. The molecule has 0 saturated heterocycles. The Morgan fingerprint density at radius 2 is 2.06 bits per heavy atom. The van der Waals surface area contributed by atoms with Gasteiger partial charge in [-0.05, 0) is 31.9 Å². The van der Waals surface area contributed by atoms with E-state index in [0.29, 0.717) is 11.1 Å². The average molecular weight is 237 g/mol. The van der Waals surface area contributed by atoms with Crippen LogP contribution in [-0.2, 0) is 0 Å². The second-order valence-electron chi connectivity index (χ2n) is 4.37. The first-order chi connectivity index (χ1) is 7.97. The molecule has 3 N–H and O–H groups in total. The number of hydrogen-bond acceptors (Lipinski definition) is 3. The molecule has 0 heterocycles. The molecule has 0 bridgehead atoms. The monoisotopic (exact) mass is 237 g/mol. The lowest BCUT2D eigenvalue weighted by molar-refractivity contribution is 0.0915. The second kappa shape index (κ2) is 5.68. The molecule has 1 aromatic rings. The van der Waals surface area contributed by atoms with Crippen LogP contribution < -0.4 is 5.32 Å². The van der Waals surface area contributed by atoms with E-state index in [1.807, 2.05) is 13.8 Å². The fraction of sp³-hybridized carbons (Fsp3) is 0.462. The minimum Gasteiger partial charge on any atom is -0.508 e. The largest absolute Gasteiger partial charge is 0.508 e. The highest BCUT2D eigenvalue weighted by molar-refractivity contribution is 5.96. The number of aliphatic hydroxyl groups excluding tert-OH is 1. The number of hydrogen-bond donors (Lipinski definition) is 3. The zero-order valence-electron chi connectivity index (χ0n) is 10.4. The number of nitrogens with one attached hydrogen (secondary N) is 1. The van der Waals surface area contributed by atoms with Gasteiger partial charge < -0.3 is 15.5 Å². The number of carbonyl (C=O) groups excluding carboxylic acids is 1. The lowest BCUT2D eigenvalue weighted by Crippen LogP contribution is -2.38. The number of rotatable bonds is 4. The first-order valence-electron chi connectivity index (χ1n) is 5.67. The molecule has 0 radical (unpaired) electrons. The van der Waals surface area contributed by atoms with Crippen LogP contribution >= 0.6 is 0 Å². The Kier molecular flexibility index (Phi) is 4.52. The maximum atomic E-state index is 11.9. The van der Waals surface area contributed by atoms with Crippen LogP contribution in [0.25, 0.3) is 0 Å². The summed E-state index contributed by atoms with van der Waals surface area (Å²) in [5.74, 6) is -0.122. The third kappa shape index (κ3) is 3.20. The molecule has 2 atom stereocenters. The lowest BCUT2D eigenvalue weighted by atomic mass is 10.0. The van der Waals surface area contributed by atoms with Gasteiger partial charge in [0, 0.05) is 23.8 Å². The minimum absolute atomic E-state index is 0.00318. The number of phenolic OH excluding ortho intramolecular Hbond substituents is 1. The molecule has 1 aromatic carbocycles. The molecule has 17 heavy (non-hydrogen) atoms. The van der Waals surface area contributed by atoms with Gasteiger partial charge in [-0.25, -0.2) is 0 Å². The van der Waals surface area contributed by atoms with Crippen molar-refractivity contribution in [3.05, 3.63) is 29.3 Å². The van der Waals surface area contributed by atoms with Crippen molar-refractivity contribution in [3.63, 3.8) is 0 Å². The molecule has 0 saturated carbocycles. The Morgan fingerprint density at radius 3 is 2.65 bits per heavy atom. The molecule has 2 unspecified atom stereocenters. The maximum absolute atomic E-state index is 11.9. The van der Waals surface area contributed by atoms with Crippen molar-refractivity contribution in [1.82, 2.24) is 5.32 Å². The van der Waals surface area contributed by atoms with Crippen LogP contribution in [0.1, 0.15) is 29.8 Å². The first-order valence-corrected chi connectivity index (χ1v) is 5.67. The summed E-state index contributed by atoms with van der Waals surface area (Å²) >= 11 is 0. The van der Waals surface area contributed by atoms with Gasteiger partial charge >= 0.3 is 0 Å². The van der Waals surface area contributed by atoms with Crippen molar-refractivity contribution >= 4 is 5.91 Å². The molecule has 1 amide bonds. The van der Waals surface area contributed by atoms with Gasteiger partial charge in [-0.15, -0.1) is 0 Å². The standard InChI is InChI=1S/C13H19NO3/c1-8(7-15)10(3)14-13(17)11-5-4-6-12(16)9(11)2/h4-6,8,10,15-16H,7H2,1-3H3,(H,14,17). The maximum Gasteiger partial charge on any atom is 0.251 e. The van der Waals surface area contributed by atoms with E-state index in [2.05, 4.69) is 5.32 Å². The van der Waals surface area contributed by atoms with Gasteiger partial charge in [-0.1, -0.05) is 13.0 Å². The summed E-state index contributed by atoms with van der Waals surface area (Å²) in [6, 6.07) is 4.73. The van der Waals surface area contributed by atoms with Crippen molar-refractivity contribution in [2.45, 2.75) is 26.8 Å². The highest BCUT2D eigenvalue weighted by Gasteiger charge is 2.17. The van der Waals surface area contributed by atoms with E-state index in [1.165, 1.54) is 0 Å². The van der Waals surface area contributed by atoms with E-state index in [4.69, 9.17) is 5.11 Å². The van der Waals surface area contributed by atoms with Gasteiger partial charge in [0.25, 0.3) is 5.91 Å². The zero-order valence-corrected chi connectivity index (χ0v) is 10.4. The third-order valence-corrected chi connectivity index (χ3v) is 3.05. The Morgan fingerprint density at radius 1 is 1.41 bits per heavy atom. The fourth-order valence-electron chi connectivity index (χ4n) is 1.45. The van der Waals surface area contributed by atoms with Crippen molar-refractivity contribution in [3.8, 4) is 5.75 Å². The number of benzene rings is 1. The van der Waals surface area contributed by atoms with Crippen LogP contribution in [-0.4, -0.2) is 28.8 Å². The number of aliphatic hydroxyl groups is 1. The summed E-state index contributed by atoms with van der Waals surface area (Å²) in [5.41, 5.74) is 1.02. The molecular weight excluding hydrogens is 218 g/mol. The highest BCUT2D eigenvalue weighted by atomic mass is 16.3. The molecule has 0 aliphatic carbocycles. The summed E-state index contributed by atoms with van der Waals surface area (Å²) < 4.78 is 0. The fourth-order valence-corrected chi connectivity index (χ4v) is 1.45. The topological polar surface area (TPSA) is 69.6 Å². The molecule has 0 aliphatic rings. The Balaban J connectivity index is 2.80. The van der Waals surface area contributed by atoms with Gasteiger partial charge in [0.15, 0.2) is 0 Å². The summed E-state index contributed by atoms with van der Waals surface area (Å²) in [6.07, 6.45) is 0.